The van der Waals surface area contributed by atoms with E-state index in [4.69, 9.17) is 5.73 Å². The highest BCUT2D eigenvalue weighted by Crippen LogP contribution is 2.18. The van der Waals surface area contributed by atoms with E-state index in [1.807, 2.05) is 0 Å². The quantitative estimate of drug-likeness (QED) is 0.774. The molecule has 2 rings (SSSR count). The number of nitrogens with zero attached hydrogens (tertiary/aromatic N) is 3. The maximum Gasteiger partial charge on any atom is 0.141 e. The average Bonchev–Trinajstić information content (AvgIpc) is 2.33. The minimum Gasteiger partial charge on any atom is -0.395 e. The van der Waals surface area contributed by atoms with Gasteiger partial charge in [0.25, 0.3) is 0 Å². The molecule has 88 valence electrons. The van der Waals surface area contributed by atoms with Crippen molar-refractivity contribution in [3.05, 3.63) is 18.1 Å². The van der Waals surface area contributed by atoms with E-state index in [2.05, 4.69) is 14.9 Å². The summed E-state index contributed by atoms with van der Waals surface area (Å²) in [5, 5.41) is 9.29. The number of aromatic nitrogens is 2. The van der Waals surface area contributed by atoms with Gasteiger partial charge >= 0.3 is 0 Å². The fraction of sp³-hybridized carbons (Fsp3) is 0.636. The number of likely N-dealkylation sites (tertiary alicyclic amines) is 1. The lowest BCUT2D eigenvalue weighted by atomic mass is 10.0. The summed E-state index contributed by atoms with van der Waals surface area (Å²) in [5.41, 5.74) is 6.40. The van der Waals surface area contributed by atoms with Gasteiger partial charge < -0.3 is 10.8 Å². The SMILES string of the molecule is Nc1cnc(CN2CCCCC2CO)cn1. The molecule has 1 aliphatic heterocycles. The van der Waals surface area contributed by atoms with Crippen LogP contribution in [0.1, 0.15) is 25.0 Å². The van der Waals surface area contributed by atoms with Crippen molar-refractivity contribution in [2.24, 2.45) is 0 Å². The first kappa shape index (κ1) is 11.3. The Morgan fingerprint density at radius 2 is 2.25 bits per heavy atom. The minimum absolute atomic E-state index is 0.225. The van der Waals surface area contributed by atoms with Crippen LogP contribution in [-0.2, 0) is 6.54 Å². The third-order valence-corrected chi connectivity index (χ3v) is 3.05. The number of aliphatic hydroxyl groups excluding tert-OH is 1. The number of hydrogen-bond acceptors (Lipinski definition) is 5. The van der Waals surface area contributed by atoms with Crippen LogP contribution in [0, 0.1) is 0 Å². The lowest BCUT2D eigenvalue weighted by Crippen LogP contribution is -2.41. The van der Waals surface area contributed by atoms with E-state index in [1.165, 1.54) is 12.8 Å². The number of piperidine rings is 1. The number of nitrogen functional groups attached to an aromatic ring is 1. The topological polar surface area (TPSA) is 75.3 Å². The summed E-state index contributed by atoms with van der Waals surface area (Å²) in [6.07, 6.45) is 6.75. The molecule has 1 aromatic heterocycles. The number of rotatable bonds is 3. The number of hydrogen-bond donors (Lipinski definition) is 2. The molecule has 1 atom stereocenters. The summed E-state index contributed by atoms with van der Waals surface area (Å²) < 4.78 is 0. The Kier molecular flexibility index (Phi) is 3.69. The number of anilines is 1. The van der Waals surface area contributed by atoms with Crippen molar-refractivity contribution in [1.82, 2.24) is 14.9 Å². The van der Waals surface area contributed by atoms with Crippen LogP contribution < -0.4 is 5.73 Å². The zero-order valence-corrected chi connectivity index (χ0v) is 9.34. The van der Waals surface area contributed by atoms with Crippen LogP contribution >= 0.6 is 0 Å². The fourth-order valence-electron chi connectivity index (χ4n) is 2.13. The number of aliphatic hydroxyl groups is 1. The predicted octanol–water partition coefficient (Wildman–Crippen LogP) is 0.406. The van der Waals surface area contributed by atoms with Gasteiger partial charge in [-0.3, -0.25) is 9.88 Å². The molecule has 1 saturated heterocycles. The highest BCUT2D eigenvalue weighted by molar-refractivity contribution is 5.22. The molecule has 3 N–H and O–H groups in total. The standard InChI is InChI=1S/C11H18N4O/c12-11-6-13-9(5-14-11)7-15-4-2-1-3-10(15)8-16/h5-6,10,16H,1-4,7-8H2,(H2,12,14). The Hall–Kier alpha value is -1.20. The van der Waals surface area contributed by atoms with Gasteiger partial charge in [0.1, 0.15) is 5.82 Å². The van der Waals surface area contributed by atoms with Crippen molar-refractivity contribution in [2.75, 3.05) is 18.9 Å². The summed E-state index contributed by atoms with van der Waals surface area (Å²) >= 11 is 0. The monoisotopic (exact) mass is 222 g/mol. The predicted molar refractivity (Wildman–Crippen MR) is 61.6 cm³/mol. The molecular formula is C11H18N4O. The highest BCUT2D eigenvalue weighted by atomic mass is 16.3. The van der Waals surface area contributed by atoms with Crippen LogP contribution in [0.15, 0.2) is 12.4 Å². The van der Waals surface area contributed by atoms with Gasteiger partial charge in [-0.05, 0) is 19.4 Å². The molecule has 1 unspecified atom stereocenters. The smallest absolute Gasteiger partial charge is 0.141 e. The molecule has 1 aliphatic rings. The van der Waals surface area contributed by atoms with Crippen LogP contribution in [0.25, 0.3) is 0 Å². The first-order valence-corrected chi connectivity index (χ1v) is 5.71. The van der Waals surface area contributed by atoms with Crippen LogP contribution in [0.2, 0.25) is 0 Å². The van der Waals surface area contributed by atoms with E-state index in [9.17, 15) is 5.11 Å². The molecule has 0 aliphatic carbocycles. The van der Waals surface area contributed by atoms with E-state index < -0.39 is 0 Å². The second-order valence-corrected chi connectivity index (χ2v) is 4.24. The van der Waals surface area contributed by atoms with Crippen molar-refractivity contribution in [3.63, 3.8) is 0 Å². The third-order valence-electron chi connectivity index (χ3n) is 3.05. The maximum absolute atomic E-state index is 9.29. The summed E-state index contributed by atoms with van der Waals surface area (Å²) in [7, 11) is 0. The minimum atomic E-state index is 0.225. The summed E-state index contributed by atoms with van der Waals surface area (Å²) in [6, 6.07) is 0.271. The van der Waals surface area contributed by atoms with Gasteiger partial charge in [0.2, 0.25) is 0 Å². The Balaban J connectivity index is 1.99. The normalized spacial score (nSPS) is 22.2. The van der Waals surface area contributed by atoms with E-state index in [1.54, 1.807) is 12.4 Å². The molecule has 0 aromatic carbocycles. The van der Waals surface area contributed by atoms with Gasteiger partial charge in [0.15, 0.2) is 0 Å². The second kappa shape index (κ2) is 5.23. The van der Waals surface area contributed by atoms with Gasteiger partial charge in [-0.2, -0.15) is 0 Å². The van der Waals surface area contributed by atoms with Crippen molar-refractivity contribution in [2.45, 2.75) is 31.8 Å². The van der Waals surface area contributed by atoms with Crippen molar-refractivity contribution in [3.8, 4) is 0 Å². The third kappa shape index (κ3) is 2.68. The van der Waals surface area contributed by atoms with E-state index >= 15 is 0 Å². The van der Waals surface area contributed by atoms with Crippen LogP contribution in [0.3, 0.4) is 0 Å². The maximum atomic E-state index is 9.29. The van der Waals surface area contributed by atoms with Gasteiger partial charge in [-0.1, -0.05) is 6.42 Å². The van der Waals surface area contributed by atoms with E-state index in [0.29, 0.717) is 5.82 Å². The molecule has 1 aromatic rings. The molecule has 5 heteroatoms. The molecule has 0 bridgehead atoms. The molecule has 0 amide bonds. The largest absolute Gasteiger partial charge is 0.395 e. The molecule has 1 fully saturated rings. The first-order chi connectivity index (χ1) is 7.79. The summed E-state index contributed by atoms with van der Waals surface area (Å²) in [5.74, 6) is 0.445. The lowest BCUT2D eigenvalue weighted by molar-refractivity contribution is 0.0830. The van der Waals surface area contributed by atoms with Crippen molar-refractivity contribution < 1.29 is 5.11 Å². The highest BCUT2D eigenvalue weighted by Gasteiger charge is 2.21. The van der Waals surface area contributed by atoms with Crippen LogP contribution in [0.5, 0.6) is 0 Å². The average molecular weight is 222 g/mol. The van der Waals surface area contributed by atoms with Gasteiger partial charge in [0, 0.05) is 12.6 Å². The molecule has 0 radical (unpaired) electrons. The van der Waals surface area contributed by atoms with E-state index in [0.717, 1.165) is 25.2 Å². The Bertz CT molecular complexity index is 327. The van der Waals surface area contributed by atoms with Crippen LogP contribution in [0.4, 0.5) is 5.82 Å². The fourth-order valence-corrected chi connectivity index (χ4v) is 2.13. The number of nitrogens with two attached hydrogens (primary N) is 1. The lowest BCUT2D eigenvalue weighted by Gasteiger charge is -2.34. The molecule has 5 nitrogen and oxygen atoms in total. The zero-order chi connectivity index (χ0) is 11.4. The molecular weight excluding hydrogens is 204 g/mol. The van der Waals surface area contributed by atoms with Gasteiger partial charge in [0.05, 0.1) is 24.7 Å². The second-order valence-electron chi connectivity index (χ2n) is 4.24. The van der Waals surface area contributed by atoms with Gasteiger partial charge in [-0.15, -0.1) is 0 Å². The summed E-state index contributed by atoms with van der Waals surface area (Å²) in [4.78, 5) is 10.5. The zero-order valence-electron chi connectivity index (χ0n) is 9.34. The van der Waals surface area contributed by atoms with Crippen LogP contribution in [-0.4, -0.2) is 39.2 Å². The Morgan fingerprint density at radius 1 is 1.38 bits per heavy atom. The summed E-state index contributed by atoms with van der Waals surface area (Å²) in [6.45, 7) is 2.00. The Labute approximate surface area is 95.3 Å². The molecule has 0 saturated carbocycles. The van der Waals surface area contributed by atoms with Gasteiger partial charge in [-0.25, -0.2) is 4.98 Å². The molecule has 16 heavy (non-hydrogen) atoms. The molecule has 2 heterocycles. The molecule has 0 spiro atoms. The van der Waals surface area contributed by atoms with Crippen molar-refractivity contribution in [1.29, 1.82) is 0 Å². The van der Waals surface area contributed by atoms with Crippen molar-refractivity contribution >= 4 is 5.82 Å². The first-order valence-electron chi connectivity index (χ1n) is 5.71. The van der Waals surface area contributed by atoms with E-state index in [-0.39, 0.29) is 12.6 Å². The Morgan fingerprint density at radius 3 is 2.94 bits per heavy atom.